The summed E-state index contributed by atoms with van der Waals surface area (Å²) < 4.78 is 0. The molecule has 0 fully saturated rings. The topological polar surface area (TPSA) is 20.2 Å². The molecular formula is C15H24O. The second-order valence-electron chi connectivity index (χ2n) is 4.88. The Balaban J connectivity index is 2.48. The van der Waals surface area contributed by atoms with Gasteiger partial charge >= 0.3 is 0 Å². The fourth-order valence-electron chi connectivity index (χ4n) is 2.16. The van der Waals surface area contributed by atoms with Crippen LogP contribution in [0.15, 0.2) is 30.3 Å². The summed E-state index contributed by atoms with van der Waals surface area (Å²) in [5.74, 6) is 0.853. The summed E-state index contributed by atoms with van der Waals surface area (Å²) in [6.07, 6.45) is 2.96. The van der Waals surface area contributed by atoms with Crippen LogP contribution < -0.4 is 0 Å². The molecule has 0 aliphatic rings. The molecule has 1 N–H and O–H groups in total. The van der Waals surface area contributed by atoms with Crippen LogP contribution in [0.2, 0.25) is 0 Å². The molecule has 0 aliphatic heterocycles. The zero-order valence-corrected chi connectivity index (χ0v) is 10.7. The molecule has 0 aromatic heterocycles. The minimum Gasteiger partial charge on any atom is -0.393 e. The van der Waals surface area contributed by atoms with Crippen molar-refractivity contribution < 1.29 is 5.11 Å². The van der Waals surface area contributed by atoms with E-state index >= 15 is 0 Å². The van der Waals surface area contributed by atoms with E-state index in [1.54, 1.807) is 0 Å². The molecule has 3 atom stereocenters. The Morgan fingerprint density at radius 1 is 1.12 bits per heavy atom. The van der Waals surface area contributed by atoms with Crippen molar-refractivity contribution in [3.8, 4) is 0 Å². The third-order valence-corrected chi connectivity index (χ3v) is 3.36. The van der Waals surface area contributed by atoms with Gasteiger partial charge in [-0.1, -0.05) is 57.5 Å². The lowest BCUT2D eigenvalue weighted by molar-refractivity contribution is 0.0966. The zero-order valence-electron chi connectivity index (χ0n) is 10.7. The van der Waals surface area contributed by atoms with Gasteiger partial charge in [0.05, 0.1) is 6.10 Å². The molecule has 3 unspecified atom stereocenters. The molecule has 16 heavy (non-hydrogen) atoms. The van der Waals surface area contributed by atoms with Gasteiger partial charge < -0.3 is 5.11 Å². The van der Waals surface area contributed by atoms with Gasteiger partial charge in [-0.2, -0.15) is 0 Å². The molecule has 0 saturated carbocycles. The summed E-state index contributed by atoms with van der Waals surface area (Å²) in [6, 6.07) is 10.4. The van der Waals surface area contributed by atoms with E-state index in [1.165, 1.54) is 5.56 Å². The Morgan fingerprint density at radius 3 is 2.31 bits per heavy atom. The molecule has 1 rings (SSSR count). The van der Waals surface area contributed by atoms with Gasteiger partial charge in [-0.05, 0) is 30.2 Å². The molecular weight excluding hydrogens is 196 g/mol. The number of hydrogen-bond acceptors (Lipinski definition) is 1. The summed E-state index contributed by atoms with van der Waals surface area (Å²) >= 11 is 0. The Morgan fingerprint density at radius 2 is 1.75 bits per heavy atom. The van der Waals surface area contributed by atoms with Crippen LogP contribution >= 0.6 is 0 Å². The van der Waals surface area contributed by atoms with Gasteiger partial charge in [0, 0.05) is 0 Å². The zero-order chi connectivity index (χ0) is 12.0. The van der Waals surface area contributed by atoms with Gasteiger partial charge in [-0.25, -0.2) is 0 Å². The average molecular weight is 220 g/mol. The first kappa shape index (κ1) is 13.2. The fraction of sp³-hybridized carbons (Fsp3) is 0.600. The normalized spacial score (nSPS) is 16.8. The third kappa shape index (κ3) is 3.97. The van der Waals surface area contributed by atoms with Crippen LogP contribution in [0.5, 0.6) is 0 Å². The first-order valence-corrected chi connectivity index (χ1v) is 6.38. The summed E-state index contributed by atoms with van der Waals surface area (Å²) in [4.78, 5) is 0. The van der Waals surface area contributed by atoms with Crippen LogP contribution in [0.25, 0.3) is 0 Å². The summed E-state index contributed by atoms with van der Waals surface area (Å²) in [5.41, 5.74) is 1.32. The largest absolute Gasteiger partial charge is 0.393 e. The Bertz CT molecular complexity index is 281. The molecule has 0 radical (unpaired) electrons. The SMILES string of the molecule is CCCC(C)C(O)CC(C)c1ccccc1. The van der Waals surface area contributed by atoms with Gasteiger partial charge in [0.2, 0.25) is 0 Å². The Hall–Kier alpha value is -0.820. The van der Waals surface area contributed by atoms with E-state index in [1.807, 2.05) is 6.07 Å². The summed E-state index contributed by atoms with van der Waals surface area (Å²) in [5, 5.41) is 10.1. The van der Waals surface area contributed by atoms with E-state index in [0.29, 0.717) is 11.8 Å². The maximum Gasteiger partial charge on any atom is 0.0571 e. The minimum absolute atomic E-state index is 0.171. The Kier molecular flexibility index (Phi) is 5.54. The van der Waals surface area contributed by atoms with Crippen LogP contribution in [-0.2, 0) is 0 Å². The molecule has 0 spiro atoms. The lowest BCUT2D eigenvalue weighted by Gasteiger charge is -2.22. The van der Waals surface area contributed by atoms with Gasteiger partial charge in [0.1, 0.15) is 0 Å². The maximum atomic E-state index is 10.1. The van der Waals surface area contributed by atoms with Crippen LogP contribution in [-0.4, -0.2) is 11.2 Å². The van der Waals surface area contributed by atoms with Crippen LogP contribution in [0.4, 0.5) is 0 Å². The van der Waals surface area contributed by atoms with Crippen molar-refractivity contribution in [2.45, 2.75) is 52.1 Å². The van der Waals surface area contributed by atoms with Crippen molar-refractivity contribution in [1.82, 2.24) is 0 Å². The van der Waals surface area contributed by atoms with Crippen LogP contribution in [0, 0.1) is 5.92 Å². The smallest absolute Gasteiger partial charge is 0.0571 e. The molecule has 1 aromatic carbocycles. The average Bonchev–Trinajstić information content (AvgIpc) is 2.30. The second-order valence-corrected chi connectivity index (χ2v) is 4.88. The maximum absolute atomic E-state index is 10.1. The van der Waals surface area contributed by atoms with Crippen molar-refractivity contribution >= 4 is 0 Å². The van der Waals surface area contributed by atoms with Gasteiger partial charge in [-0.3, -0.25) is 0 Å². The highest BCUT2D eigenvalue weighted by Crippen LogP contribution is 2.24. The Labute approximate surface area is 99.5 Å². The van der Waals surface area contributed by atoms with E-state index in [-0.39, 0.29) is 6.10 Å². The highest BCUT2D eigenvalue weighted by Gasteiger charge is 2.17. The molecule has 0 saturated heterocycles. The highest BCUT2D eigenvalue weighted by molar-refractivity contribution is 5.18. The van der Waals surface area contributed by atoms with E-state index in [4.69, 9.17) is 0 Å². The standard InChI is InChI=1S/C15H24O/c1-4-8-12(2)15(16)11-13(3)14-9-6-5-7-10-14/h5-7,9-10,12-13,15-16H,4,8,11H2,1-3H3. The molecule has 90 valence electrons. The lowest BCUT2D eigenvalue weighted by atomic mass is 9.88. The minimum atomic E-state index is -0.171. The van der Waals surface area contributed by atoms with Gasteiger partial charge in [0.25, 0.3) is 0 Å². The summed E-state index contributed by atoms with van der Waals surface area (Å²) in [7, 11) is 0. The van der Waals surface area contributed by atoms with Crippen molar-refractivity contribution in [2.24, 2.45) is 5.92 Å². The quantitative estimate of drug-likeness (QED) is 0.769. The number of rotatable bonds is 6. The lowest BCUT2D eigenvalue weighted by Crippen LogP contribution is -2.19. The predicted octanol–water partition coefficient (Wildman–Crippen LogP) is 3.98. The molecule has 1 aromatic rings. The van der Waals surface area contributed by atoms with Gasteiger partial charge in [-0.15, -0.1) is 0 Å². The van der Waals surface area contributed by atoms with Crippen molar-refractivity contribution in [2.75, 3.05) is 0 Å². The monoisotopic (exact) mass is 220 g/mol. The fourth-order valence-corrected chi connectivity index (χ4v) is 2.16. The van der Waals surface area contributed by atoms with Crippen LogP contribution in [0.3, 0.4) is 0 Å². The third-order valence-electron chi connectivity index (χ3n) is 3.36. The first-order chi connectivity index (χ1) is 7.65. The van der Waals surface area contributed by atoms with E-state index in [9.17, 15) is 5.11 Å². The van der Waals surface area contributed by atoms with Crippen LogP contribution in [0.1, 0.15) is 51.5 Å². The number of benzene rings is 1. The molecule has 0 aliphatic carbocycles. The number of aliphatic hydroxyl groups excluding tert-OH is 1. The predicted molar refractivity (Wildman–Crippen MR) is 69.6 cm³/mol. The highest BCUT2D eigenvalue weighted by atomic mass is 16.3. The van der Waals surface area contributed by atoms with E-state index in [0.717, 1.165) is 19.3 Å². The van der Waals surface area contributed by atoms with Crippen molar-refractivity contribution in [3.63, 3.8) is 0 Å². The molecule has 0 amide bonds. The van der Waals surface area contributed by atoms with Crippen molar-refractivity contribution in [3.05, 3.63) is 35.9 Å². The summed E-state index contributed by atoms with van der Waals surface area (Å²) in [6.45, 7) is 6.51. The second kappa shape index (κ2) is 6.70. The number of hydrogen-bond donors (Lipinski definition) is 1. The van der Waals surface area contributed by atoms with Gasteiger partial charge in [0.15, 0.2) is 0 Å². The molecule has 1 heteroatoms. The van der Waals surface area contributed by atoms with E-state index in [2.05, 4.69) is 45.0 Å². The molecule has 1 nitrogen and oxygen atoms in total. The first-order valence-electron chi connectivity index (χ1n) is 6.38. The molecule has 0 bridgehead atoms. The number of aliphatic hydroxyl groups is 1. The van der Waals surface area contributed by atoms with Crippen molar-refractivity contribution in [1.29, 1.82) is 0 Å². The molecule has 0 heterocycles. The van der Waals surface area contributed by atoms with E-state index < -0.39 is 0 Å².